The van der Waals surface area contributed by atoms with Crippen LogP contribution in [0.15, 0.2) is 0 Å². The number of ether oxygens (including phenoxy) is 4. The summed E-state index contributed by atoms with van der Waals surface area (Å²) in [7, 11) is -6.08. The first-order valence-corrected chi connectivity index (χ1v) is 11.6. The minimum Gasteiger partial charge on any atom is -0.462 e. The topological polar surface area (TPSA) is 142 Å². The van der Waals surface area contributed by atoms with Gasteiger partial charge in [0.05, 0.1) is 5.92 Å². The number of carbonyl (C=O) groups is 3. The summed E-state index contributed by atoms with van der Waals surface area (Å²) in [5.74, 6) is -5.57. The van der Waals surface area contributed by atoms with E-state index in [1.165, 1.54) is 0 Å². The fourth-order valence-electron chi connectivity index (χ4n) is 4.82. The van der Waals surface area contributed by atoms with Gasteiger partial charge in [-0.2, -0.15) is 17.2 Å². The van der Waals surface area contributed by atoms with E-state index in [1.54, 1.807) is 0 Å². The second-order valence-electron chi connectivity index (χ2n) is 8.39. The van der Waals surface area contributed by atoms with Crippen LogP contribution in [0.5, 0.6) is 0 Å². The highest BCUT2D eigenvalue weighted by molar-refractivity contribution is 7.86. The third-order valence-electron chi connectivity index (χ3n) is 6.45. The summed E-state index contributed by atoms with van der Waals surface area (Å²) in [6.07, 6.45) is -3.68. The van der Waals surface area contributed by atoms with Gasteiger partial charge < -0.3 is 18.9 Å². The van der Waals surface area contributed by atoms with Crippen molar-refractivity contribution in [2.75, 3.05) is 6.61 Å². The summed E-state index contributed by atoms with van der Waals surface area (Å²) < 4.78 is 90.8. The molecule has 0 aromatic heterocycles. The van der Waals surface area contributed by atoms with E-state index in [0.29, 0.717) is 12.8 Å². The molecule has 0 aromatic rings. The van der Waals surface area contributed by atoms with Crippen LogP contribution in [0.2, 0.25) is 0 Å². The largest absolute Gasteiger partial charge is 0.462 e. The summed E-state index contributed by atoms with van der Waals surface area (Å²) in [6, 6.07) is 0. The Labute approximate surface area is 180 Å². The molecule has 1 aliphatic carbocycles. The molecule has 4 fully saturated rings. The molecule has 3 heterocycles. The van der Waals surface area contributed by atoms with Gasteiger partial charge in [-0.05, 0) is 12.8 Å². The Balaban J connectivity index is 1.44. The third kappa shape index (κ3) is 3.75. The molecule has 7 atom stereocenters. The van der Waals surface area contributed by atoms with Crippen LogP contribution < -0.4 is 0 Å². The summed E-state index contributed by atoms with van der Waals surface area (Å²) >= 11 is 0. The maximum Gasteiger partial charge on any atom is 0.403 e. The van der Waals surface area contributed by atoms with Gasteiger partial charge in [-0.15, -0.1) is 0 Å². The Hall–Kier alpha value is -1.93. The molecule has 3 saturated heterocycles. The van der Waals surface area contributed by atoms with Crippen molar-refractivity contribution in [1.29, 1.82) is 0 Å². The van der Waals surface area contributed by atoms with Crippen molar-refractivity contribution >= 4 is 28.0 Å². The minimum atomic E-state index is -6.08. The van der Waals surface area contributed by atoms with E-state index in [9.17, 15) is 36.0 Å². The summed E-state index contributed by atoms with van der Waals surface area (Å²) in [5, 5.41) is -5.20. The van der Waals surface area contributed by atoms with E-state index >= 15 is 0 Å². The molecule has 0 amide bonds. The molecule has 7 unspecified atom stereocenters. The molecule has 0 radical (unpaired) electrons. The average molecular weight is 486 g/mol. The number of rotatable bonds is 7. The van der Waals surface area contributed by atoms with E-state index in [2.05, 4.69) is 4.74 Å². The van der Waals surface area contributed by atoms with Crippen molar-refractivity contribution < 1.29 is 59.5 Å². The van der Waals surface area contributed by atoms with Gasteiger partial charge in [-0.3, -0.25) is 18.9 Å². The van der Waals surface area contributed by atoms with Crippen LogP contribution in [-0.4, -0.2) is 73.3 Å². The van der Waals surface area contributed by atoms with Gasteiger partial charge in [0.15, 0.2) is 12.2 Å². The van der Waals surface area contributed by atoms with Gasteiger partial charge in [-0.25, -0.2) is 4.39 Å². The lowest BCUT2D eigenvalue weighted by Crippen LogP contribution is -2.49. The lowest BCUT2D eigenvalue weighted by molar-refractivity contribution is -0.169. The number of alkyl halides is 3. The van der Waals surface area contributed by atoms with Crippen molar-refractivity contribution in [3.05, 3.63) is 0 Å². The second-order valence-corrected chi connectivity index (χ2v) is 9.88. The van der Waals surface area contributed by atoms with Crippen molar-refractivity contribution in [3.8, 4) is 0 Å². The standard InChI is InChI=1S/C18H21F3O10S/c19-8(18(20,21)32(25,26)27)6-28-16(23)9-10-12-14(31-17(10)24)13(11(9)29-12)30-15(22)7-4-2-1-3-5-7/h7-14H,1-6H2,(H,25,26,27). The molecule has 10 nitrogen and oxygen atoms in total. The van der Waals surface area contributed by atoms with E-state index in [-0.39, 0.29) is 5.92 Å². The number of esters is 3. The second kappa shape index (κ2) is 8.13. The quantitative estimate of drug-likeness (QED) is 0.312. The van der Waals surface area contributed by atoms with Crippen LogP contribution in [0.25, 0.3) is 0 Å². The highest BCUT2D eigenvalue weighted by Gasteiger charge is 2.72. The third-order valence-corrected chi connectivity index (χ3v) is 7.39. The zero-order valence-corrected chi connectivity index (χ0v) is 17.3. The van der Waals surface area contributed by atoms with E-state index in [0.717, 1.165) is 19.3 Å². The van der Waals surface area contributed by atoms with E-state index in [4.69, 9.17) is 18.8 Å². The monoisotopic (exact) mass is 486 g/mol. The molecular weight excluding hydrogens is 465 g/mol. The van der Waals surface area contributed by atoms with Crippen molar-refractivity contribution in [1.82, 2.24) is 0 Å². The molecule has 180 valence electrons. The molecule has 4 aliphatic rings. The molecule has 1 N–H and O–H groups in total. The first kappa shape index (κ1) is 23.2. The molecule has 0 spiro atoms. The zero-order chi connectivity index (χ0) is 23.4. The van der Waals surface area contributed by atoms with E-state index in [1.807, 2.05) is 0 Å². The molecular formula is C18H21F3O10S. The lowest BCUT2D eigenvalue weighted by atomic mass is 9.78. The van der Waals surface area contributed by atoms with Crippen molar-refractivity contribution in [3.63, 3.8) is 0 Å². The smallest absolute Gasteiger partial charge is 0.403 e. The molecule has 1 saturated carbocycles. The van der Waals surface area contributed by atoms with Crippen molar-refractivity contribution in [2.24, 2.45) is 17.8 Å². The number of halogens is 3. The maximum atomic E-state index is 13.7. The van der Waals surface area contributed by atoms with Gasteiger partial charge in [0.25, 0.3) is 0 Å². The Kier molecular flexibility index (Phi) is 5.91. The van der Waals surface area contributed by atoms with Gasteiger partial charge in [0.1, 0.15) is 30.7 Å². The zero-order valence-electron chi connectivity index (χ0n) is 16.5. The van der Waals surface area contributed by atoms with Gasteiger partial charge in [0.2, 0.25) is 6.17 Å². The summed E-state index contributed by atoms with van der Waals surface area (Å²) in [4.78, 5) is 37.3. The number of hydrogen-bond donors (Lipinski definition) is 1. The molecule has 14 heteroatoms. The summed E-state index contributed by atoms with van der Waals surface area (Å²) in [6.45, 7) is -1.70. The first-order valence-electron chi connectivity index (χ1n) is 10.2. The van der Waals surface area contributed by atoms with Crippen LogP contribution in [0.4, 0.5) is 13.2 Å². The predicted molar refractivity (Wildman–Crippen MR) is 94.3 cm³/mol. The number of fused-ring (bicyclic) bond motifs is 1. The van der Waals surface area contributed by atoms with Gasteiger partial charge in [-0.1, -0.05) is 19.3 Å². The Morgan fingerprint density at radius 3 is 2.41 bits per heavy atom. The molecule has 32 heavy (non-hydrogen) atoms. The van der Waals surface area contributed by atoms with Crippen LogP contribution in [0.1, 0.15) is 32.1 Å². The highest BCUT2D eigenvalue weighted by Crippen LogP contribution is 2.51. The maximum absolute atomic E-state index is 13.7. The van der Waals surface area contributed by atoms with Gasteiger partial charge in [0, 0.05) is 0 Å². The number of carbonyl (C=O) groups excluding carboxylic acids is 3. The minimum absolute atomic E-state index is 0.337. The van der Waals surface area contributed by atoms with E-state index < -0.39 is 82.3 Å². The summed E-state index contributed by atoms with van der Waals surface area (Å²) in [5.41, 5.74) is 0. The molecule has 3 aliphatic heterocycles. The normalized spacial score (nSPS) is 35.4. The van der Waals surface area contributed by atoms with Gasteiger partial charge >= 0.3 is 33.3 Å². The Morgan fingerprint density at radius 2 is 1.78 bits per heavy atom. The molecule has 4 rings (SSSR count). The average Bonchev–Trinajstić information content (AvgIpc) is 3.35. The van der Waals surface area contributed by atoms with Crippen LogP contribution in [0.3, 0.4) is 0 Å². The SMILES string of the molecule is O=C(OC1C2OC(=O)C3C2OC1C3C(=O)OCC(F)C(F)(F)S(=O)(=O)O)C1CCCCC1. The first-order chi connectivity index (χ1) is 14.9. The Bertz CT molecular complexity index is 903. The fourth-order valence-corrected chi connectivity index (χ4v) is 5.21. The fraction of sp³-hybridized carbons (Fsp3) is 0.833. The molecule has 0 aromatic carbocycles. The predicted octanol–water partition coefficient (Wildman–Crippen LogP) is 0.779. The number of hydrogen-bond acceptors (Lipinski definition) is 9. The molecule has 2 bridgehead atoms. The van der Waals surface area contributed by atoms with Crippen LogP contribution >= 0.6 is 0 Å². The Morgan fingerprint density at radius 1 is 1.12 bits per heavy atom. The van der Waals surface area contributed by atoms with Crippen LogP contribution in [0, 0.1) is 17.8 Å². The highest BCUT2D eigenvalue weighted by atomic mass is 32.2. The lowest BCUT2D eigenvalue weighted by Gasteiger charge is -2.29. The van der Waals surface area contributed by atoms with Crippen molar-refractivity contribution in [2.45, 2.75) is 67.9 Å². The van der Waals surface area contributed by atoms with Crippen LogP contribution in [-0.2, 0) is 43.4 Å².